The first kappa shape index (κ1) is 18.2. The van der Waals surface area contributed by atoms with Crippen molar-refractivity contribution in [1.29, 1.82) is 0 Å². The number of fused-ring (bicyclic) bond motifs is 1. The number of rotatable bonds is 7. The van der Waals surface area contributed by atoms with Gasteiger partial charge in [0.05, 0.1) is 7.11 Å². The molecule has 0 saturated carbocycles. The lowest BCUT2D eigenvalue weighted by atomic mass is 9.83. The van der Waals surface area contributed by atoms with Crippen LogP contribution >= 0.6 is 0 Å². The second kappa shape index (κ2) is 8.70. The van der Waals surface area contributed by atoms with Crippen molar-refractivity contribution >= 4 is 5.91 Å². The van der Waals surface area contributed by atoms with E-state index in [1.165, 1.54) is 45.2 Å². The Morgan fingerprint density at radius 2 is 2.20 bits per heavy atom. The molecule has 0 bridgehead atoms. The molecule has 2 fully saturated rings. The number of hydrogen-bond donors (Lipinski definition) is 0. The molecule has 25 heavy (non-hydrogen) atoms. The summed E-state index contributed by atoms with van der Waals surface area (Å²) in [4.78, 5) is 17.4. The SMILES string of the molecule is CCN(C[C@H]1CCCN2CCCC[C@H]12)C(=O)CCc1cc(OC)no1. The molecule has 3 rings (SSSR count). The Morgan fingerprint density at radius 1 is 1.36 bits per heavy atom. The van der Waals surface area contributed by atoms with E-state index in [1.54, 1.807) is 13.2 Å². The van der Waals surface area contributed by atoms with E-state index in [4.69, 9.17) is 9.26 Å². The van der Waals surface area contributed by atoms with Gasteiger partial charge in [-0.2, -0.15) is 0 Å². The zero-order valence-electron chi connectivity index (χ0n) is 15.6. The minimum absolute atomic E-state index is 0.214. The van der Waals surface area contributed by atoms with Crippen molar-refractivity contribution in [2.24, 2.45) is 5.92 Å². The highest BCUT2D eigenvalue weighted by Crippen LogP contribution is 2.31. The van der Waals surface area contributed by atoms with Crippen LogP contribution in [0.5, 0.6) is 5.88 Å². The zero-order valence-corrected chi connectivity index (χ0v) is 15.6. The van der Waals surface area contributed by atoms with Gasteiger partial charge in [-0.1, -0.05) is 6.42 Å². The van der Waals surface area contributed by atoms with Crippen LogP contribution in [0.4, 0.5) is 0 Å². The Hall–Kier alpha value is -1.56. The standard InChI is InChI=1S/C19H31N3O3/c1-3-21(19(23)10-9-16-13-18(24-2)20-25-16)14-15-7-6-12-22-11-5-4-8-17(15)22/h13,15,17H,3-12,14H2,1-2H3/t15-,17-/m1/s1. The molecule has 2 aliphatic heterocycles. The number of carbonyl (C=O) groups is 1. The monoisotopic (exact) mass is 349 g/mol. The average Bonchev–Trinajstić information content (AvgIpc) is 3.12. The molecule has 0 N–H and O–H groups in total. The maximum absolute atomic E-state index is 12.7. The van der Waals surface area contributed by atoms with Crippen molar-refractivity contribution in [3.05, 3.63) is 11.8 Å². The third-order valence-electron chi connectivity index (χ3n) is 5.75. The Bertz CT molecular complexity index is 558. The lowest BCUT2D eigenvalue weighted by Crippen LogP contribution is -2.51. The van der Waals surface area contributed by atoms with Crippen LogP contribution in [-0.4, -0.2) is 60.2 Å². The van der Waals surface area contributed by atoms with Gasteiger partial charge in [-0.25, -0.2) is 0 Å². The summed E-state index contributed by atoms with van der Waals surface area (Å²) in [7, 11) is 1.56. The lowest BCUT2D eigenvalue weighted by Gasteiger charge is -2.45. The average molecular weight is 349 g/mol. The van der Waals surface area contributed by atoms with Crippen LogP contribution < -0.4 is 4.74 Å². The summed E-state index contributed by atoms with van der Waals surface area (Å²) in [6.07, 6.45) is 7.54. The van der Waals surface area contributed by atoms with Gasteiger partial charge in [0.15, 0.2) is 0 Å². The summed E-state index contributed by atoms with van der Waals surface area (Å²) in [5.74, 6) is 2.01. The molecular weight excluding hydrogens is 318 g/mol. The van der Waals surface area contributed by atoms with E-state index in [-0.39, 0.29) is 5.91 Å². The summed E-state index contributed by atoms with van der Waals surface area (Å²) < 4.78 is 10.2. The molecule has 3 heterocycles. The summed E-state index contributed by atoms with van der Waals surface area (Å²) >= 11 is 0. The number of methoxy groups -OCH3 is 1. The third-order valence-corrected chi connectivity index (χ3v) is 5.75. The van der Waals surface area contributed by atoms with Gasteiger partial charge in [0.2, 0.25) is 5.91 Å². The van der Waals surface area contributed by atoms with Crippen LogP contribution in [0.1, 0.15) is 51.2 Å². The van der Waals surface area contributed by atoms with Crippen molar-refractivity contribution in [2.45, 2.75) is 57.9 Å². The Labute approximate surface area is 150 Å². The molecule has 0 aliphatic carbocycles. The highest BCUT2D eigenvalue weighted by Gasteiger charge is 2.34. The van der Waals surface area contributed by atoms with E-state index < -0.39 is 0 Å². The van der Waals surface area contributed by atoms with E-state index in [9.17, 15) is 4.79 Å². The Kier molecular flexibility index (Phi) is 6.34. The second-order valence-electron chi connectivity index (χ2n) is 7.27. The van der Waals surface area contributed by atoms with Crippen LogP contribution in [-0.2, 0) is 11.2 Å². The second-order valence-corrected chi connectivity index (χ2v) is 7.27. The fourth-order valence-corrected chi connectivity index (χ4v) is 4.38. The molecule has 0 spiro atoms. The van der Waals surface area contributed by atoms with Gasteiger partial charge in [0, 0.05) is 38.0 Å². The molecule has 1 aromatic rings. The number of ether oxygens (including phenoxy) is 1. The number of aromatic nitrogens is 1. The largest absolute Gasteiger partial charge is 0.479 e. The van der Waals surface area contributed by atoms with Crippen LogP contribution in [0.25, 0.3) is 0 Å². The number of aryl methyl sites for hydroxylation is 1. The fourth-order valence-electron chi connectivity index (χ4n) is 4.38. The van der Waals surface area contributed by atoms with Gasteiger partial charge in [0.25, 0.3) is 5.88 Å². The Balaban J connectivity index is 1.52. The molecule has 2 aliphatic rings. The van der Waals surface area contributed by atoms with E-state index in [0.29, 0.717) is 36.4 Å². The summed E-state index contributed by atoms with van der Waals surface area (Å²) in [5, 5.41) is 3.79. The molecular formula is C19H31N3O3. The fraction of sp³-hybridized carbons (Fsp3) is 0.789. The molecule has 2 saturated heterocycles. The normalized spacial score (nSPS) is 23.9. The molecule has 140 valence electrons. The molecule has 0 radical (unpaired) electrons. The highest BCUT2D eigenvalue weighted by molar-refractivity contribution is 5.76. The molecule has 1 amide bonds. The maximum atomic E-state index is 12.7. The van der Waals surface area contributed by atoms with Crippen molar-refractivity contribution < 1.29 is 14.1 Å². The zero-order chi connectivity index (χ0) is 17.6. The van der Waals surface area contributed by atoms with E-state index in [2.05, 4.69) is 17.0 Å². The number of piperidine rings is 2. The van der Waals surface area contributed by atoms with Crippen LogP contribution in [0, 0.1) is 5.92 Å². The summed E-state index contributed by atoms with van der Waals surface area (Å²) in [6, 6.07) is 2.44. The van der Waals surface area contributed by atoms with Crippen molar-refractivity contribution in [3.8, 4) is 5.88 Å². The first-order valence-electron chi connectivity index (χ1n) is 9.72. The molecule has 1 aromatic heterocycles. The Morgan fingerprint density at radius 3 is 2.96 bits per heavy atom. The first-order valence-corrected chi connectivity index (χ1v) is 9.72. The van der Waals surface area contributed by atoms with Crippen molar-refractivity contribution in [2.75, 3.05) is 33.3 Å². The predicted molar refractivity (Wildman–Crippen MR) is 95.6 cm³/mol. The number of carbonyl (C=O) groups excluding carboxylic acids is 1. The smallest absolute Gasteiger partial charge is 0.254 e. The van der Waals surface area contributed by atoms with Gasteiger partial charge < -0.3 is 19.1 Å². The van der Waals surface area contributed by atoms with Crippen LogP contribution in [0.15, 0.2) is 10.6 Å². The predicted octanol–water partition coefficient (Wildman–Crippen LogP) is 2.73. The molecule has 0 unspecified atom stereocenters. The quantitative estimate of drug-likeness (QED) is 0.757. The maximum Gasteiger partial charge on any atom is 0.254 e. The minimum Gasteiger partial charge on any atom is -0.479 e. The van der Waals surface area contributed by atoms with Crippen molar-refractivity contribution in [1.82, 2.24) is 15.0 Å². The number of hydrogen-bond acceptors (Lipinski definition) is 5. The van der Waals surface area contributed by atoms with Crippen LogP contribution in [0.3, 0.4) is 0 Å². The van der Waals surface area contributed by atoms with Gasteiger partial charge >= 0.3 is 0 Å². The van der Waals surface area contributed by atoms with E-state index in [0.717, 1.165) is 13.1 Å². The number of amides is 1. The minimum atomic E-state index is 0.214. The summed E-state index contributed by atoms with van der Waals surface area (Å²) in [6.45, 7) is 6.25. The third kappa shape index (κ3) is 4.54. The lowest BCUT2D eigenvalue weighted by molar-refractivity contribution is -0.132. The molecule has 0 aromatic carbocycles. The molecule has 2 atom stereocenters. The van der Waals surface area contributed by atoms with E-state index in [1.807, 2.05) is 4.90 Å². The van der Waals surface area contributed by atoms with Crippen molar-refractivity contribution in [3.63, 3.8) is 0 Å². The van der Waals surface area contributed by atoms with Crippen LogP contribution in [0.2, 0.25) is 0 Å². The topological polar surface area (TPSA) is 58.8 Å². The first-order chi connectivity index (χ1) is 12.2. The molecule has 6 heteroatoms. The van der Waals surface area contributed by atoms with Gasteiger partial charge in [0.1, 0.15) is 5.76 Å². The van der Waals surface area contributed by atoms with Gasteiger partial charge in [-0.15, -0.1) is 0 Å². The van der Waals surface area contributed by atoms with Gasteiger partial charge in [-0.3, -0.25) is 4.79 Å². The summed E-state index contributed by atoms with van der Waals surface area (Å²) in [5.41, 5.74) is 0. The van der Waals surface area contributed by atoms with E-state index >= 15 is 0 Å². The highest BCUT2D eigenvalue weighted by atomic mass is 16.5. The number of nitrogens with zero attached hydrogens (tertiary/aromatic N) is 3. The van der Waals surface area contributed by atoms with Gasteiger partial charge in [-0.05, 0) is 56.8 Å². The molecule has 6 nitrogen and oxygen atoms in total.